The van der Waals surface area contributed by atoms with E-state index in [-0.39, 0.29) is 17.3 Å². The van der Waals surface area contributed by atoms with E-state index in [1.54, 1.807) is 35.2 Å². The van der Waals surface area contributed by atoms with Gasteiger partial charge in [0.25, 0.3) is 5.91 Å². The number of unbranched alkanes of at least 4 members (excludes halogenated alkanes) is 2. The van der Waals surface area contributed by atoms with Crippen LogP contribution in [0.1, 0.15) is 60.8 Å². The summed E-state index contributed by atoms with van der Waals surface area (Å²) in [7, 11) is 0. The van der Waals surface area contributed by atoms with Crippen molar-refractivity contribution in [2.45, 2.75) is 50.9 Å². The van der Waals surface area contributed by atoms with Crippen molar-refractivity contribution >= 4 is 35.2 Å². The molecule has 3 rings (SSSR count). The Morgan fingerprint density at radius 2 is 1.72 bits per heavy atom. The molecule has 1 heterocycles. The number of benzene rings is 2. The van der Waals surface area contributed by atoms with Gasteiger partial charge in [0.2, 0.25) is 0 Å². The minimum absolute atomic E-state index is 0.225. The Hall–Kier alpha value is -2.18. The first-order chi connectivity index (χ1) is 15.6. The zero-order valence-corrected chi connectivity index (χ0v) is 20.2. The first-order valence-corrected chi connectivity index (χ1v) is 12.6. The lowest BCUT2D eigenvalue weighted by molar-refractivity contribution is -0.148. The van der Waals surface area contributed by atoms with Gasteiger partial charge >= 0.3 is 5.97 Å². The molecule has 2 unspecified atom stereocenters. The van der Waals surface area contributed by atoms with Gasteiger partial charge in [-0.3, -0.25) is 4.79 Å². The summed E-state index contributed by atoms with van der Waals surface area (Å²) in [6.45, 7) is 5.16. The average Bonchev–Trinajstić information content (AvgIpc) is 3.24. The monoisotopic (exact) mass is 475 g/mol. The van der Waals surface area contributed by atoms with Gasteiger partial charge in [0.15, 0.2) is 0 Å². The lowest BCUT2D eigenvalue weighted by atomic mass is 10.1. The van der Waals surface area contributed by atoms with Gasteiger partial charge in [0, 0.05) is 21.9 Å². The standard InChI is InChI=1S/C25H30ClNO4S/c1-3-5-15-30-19-13-11-18(12-14-19)23(28)27-22(25(29)31-16-6-4-2)17-32-24(27)20-9-7-8-10-21(20)26/h7-14,22,24H,3-6,15-17H2,1-2H3. The Kier molecular flexibility index (Phi) is 9.30. The first kappa shape index (κ1) is 24.5. The molecule has 2 atom stereocenters. The molecule has 2 aromatic rings. The van der Waals surface area contributed by atoms with Crippen molar-refractivity contribution < 1.29 is 19.1 Å². The normalized spacial score (nSPS) is 17.9. The molecule has 0 aliphatic carbocycles. The van der Waals surface area contributed by atoms with E-state index in [1.165, 1.54) is 11.8 Å². The van der Waals surface area contributed by atoms with Crippen molar-refractivity contribution in [3.63, 3.8) is 0 Å². The maximum absolute atomic E-state index is 13.6. The van der Waals surface area contributed by atoms with Crippen LogP contribution in [0.3, 0.4) is 0 Å². The molecular weight excluding hydrogens is 446 g/mol. The second-order valence-electron chi connectivity index (χ2n) is 7.68. The molecule has 1 aliphatic heterocycles. The maximum atomic E-state index is 13.6. The van der Waals surface area contributed by atoms with E-state index in [1.807, 2.05) is 25.1 Å². The number of carbonyl (C=O) groups excluding carboxylic acids is 2. The van der Waals surface area contributed by atoms with Gasteiger partial charge in [-0.05, 0) is 43.2 Å². The number of hydrogen-bond donors (Lipinski definition) is 0. The number of rotatable bonds is 10. The van der Waals surface area contributed by atoms with Crippen LogP contribution in [0.15, 0.2) is 48.5 Å². The third kappa shape index (κ3) is 5.99. The third-order valence-corrected chi connectivity index (χ3v) is 6.94. The SMILES string of the molecule is CCCCOC(=O)C1CSC(c2ccccc2Cl)N1C(=O)c1ccc(OCCCC)cc1. The van der Waals surface area contributed by atoms with Crippen LogP contribution >= 0.6 is 23.4 Å². The van der Waals surface area contributed by atoms with Gasteiger partial charge in [-0.1, -0.05) is 56.5 Å². The fourth-order valence-electron chi connectivity index (χ4n) is 3.44. The Morgan fingerprint density at radius 1 is 1.03 bits per heavy atom. The topological polar surface area (TPSA) is 55.8 Å². The van der Waals surface area contributed by atoms with Crippen LogP contribution in [-0.2, 0) is 9.53 Å². The van der Waals surface area contributed by atoms with E-state index in [0.717, 1.165) is 37.0 Å². The fraction of sp³-hybridized carbons (Fsp3) is 0.440. The molecule has 1 fully saturated rings. The van der Waals surface area contributed by atoms with Gasteiger partial charge in [-0.15, -0.1) is 11.8 Å². The maximum Gasteiger partial charge on any atom is 0.329 e. The van der Waals surface area contributed by atoms with Crippen LogP contribution in [0.2, 0.25) is 5.02 Å². The number of carbonyl (C=O) groups is 2. The predicted molar refractivity (Wildman–Crippen MR) is 129 cm³/mol. The number of ether oxygens (including phenoxy) is 2. The third-order valence-electron chi connectivity index (χ3n) is 5.29. The van der Waals surface area contributed by atoms with Crippen LogP contribution in [0.4, 0.5) is 0 Å². The summed E-state index contributed by atoms with van der Waals surface area (Å²) in [6.07, 6.45) is 3.77. The minimum Gasteiger partial charge on any atom is -0.494 e. The van der Waals surface area contributed by atoms with E-state index in [2.05, 4.69) is 6.92 Å². The van der Waals surface area contributed by atoms with Crippen molar-refractivity contribution in [3.05, 3.63) is 64.7 Å². The molecule has 32 heavy (non-hydrogen) atoms. The quantitative estimate of drug-likeness (QED) is 0.306. The molecule has 2 aromatic carbocycles. The zero-order valence-electron chi connectivity index (χ0n) is 18.6. The molecule has 0 spiro atoms. The van der Waals surface area contributed by atoms with E-state index in [4.69, 9.17) is 21.1 Å². The van der Waals surface area contributed by atoms with Gasteiger partial charge in [-0.25, -0.2) is 4.79 Å². The second kappa shape index (κ2) is 12.2. The zero-order chi connectivity index (χ0) is 22.9. The van der Waals surface area contributed by atoms with Gasteiger partial charge in [0.05, 0.1) is 13.2 Å². The summed E-state index contributed by atoms with van der Waals surface area (Å²) < 4.78 is 11.2. The van der Waals surface area contributed by atoms with Crippen molar-refractivity contribution in [2.75, 3.05) is 19.0 Å². The van der Waals surface area contributed by atoms with E-state index >= 15 is 0 Å². The second-order valence-corrected chi connectivity index (χ2v) is 9.20. The number of nitrogens with zero attached hydrogens (tertiary/aromatic N) is 1. The van der Waals surface area contributed by atoms with Crippen LogP contribution in [0, 0.1) is 0 Å². The number of esters is 1. The highest BCUT2D eigenvalue weighted by Crippen LogP contribution is 2.44. The van der Waals surface area contributed by atoms with Gasteiger partial charge in [0.1, 0.15) is 17.2 Å². The minimum atomic E-state index is -0.661. The Labute approximate surface area is 199 Å². The lowest BCUT2D eigenvalue weighted by Gasteiger charge is -2.29. The van der Waals surface area contributed by atoms with Crippen LogP contribution < -0.4 is 4.74 Å². The number of thioether (sulfide) groups is 1. The summed E-state index contributed by atoms with van der Waals surface area (Å²) >= 11 is 7.98. The van der Waals surface area contributed by atoms with Crippen LogP contribution in [0.5, 0.6) is 5.75 Å². The number of halogens is 1. The van der Waals surface area contributed by atoms with Crippen LogP contribution in [-0.4, -0.2) is 41.8 Å². The smallest absolute Gasteiger partial charge is 0.329 e. The van der Waals surface area contributed by atoms with Gasteiger partial charge in [-0.2, -0.15) is 0 Å². The predicted octanol–water partition coefficient (Wildman–Crippen LogP) is 6.12. The Balaban J connectivity index is 1.84. The van der Waals surface area contributed by atoms with Crippen LogP contribution in [0.25, 0.3) is 0 Å². The lowest BCUT2D eigenvalue weighted by Crippen LogP contribution is -2.44. The van der Waals surface area contributed by atoms with Crippen molar-refractivity contribution in [1.29, 1.82) is 0 Å². The molecule has 0 N–H and O–H groups in total. The summed E-state index contributed by atoms with van der Waals surface area (Å²) in [6, 6.07) is 13.9. The first-order valence-electron chi connectivity index (χ1n) is 11.1. The van der Waals surface area contributed by atoms with E-state index in [0.29, 0.717) is 29.6 Å². The molecule has 0 bridgehead atoms. The van der Waals surface area contributed by atoms with E-state index < -0.39 is 6.04 Å². The fourth-order valence-corrected chi connectivity index (χ4v) is 5.19. The number of hydrogen-bond acceptors (Lipinski definition) is 5. The summed E-state index contributed by atoms with van der Waals surface area (Å²) in [4.78, 5) is 28.0. The average molecular weight is 476 g/mol. The highest BCUT2D eigenvalue weighted by Gasteiger charge is 2.44. The molecule has 7 heteroatoms. The van der Waals surface area contributed by atoms with Gasteiger partial charge < -0.3 is 14.4 Å². The Bertz CT molecular complexity index is 905. The Morgan fingerprint density at radius 3 is 2.41 bits per heavy atom. The molecule has 1 saturated heterocycles. The van der Waals surface area contributed by atoms with Crippen molar-refractivity contribution in [1.82, 2.24) is 4.90 Å². The summed E-state index contributed by atoms with van der Waals surface area (Å²) in [5, 5.41) is 0.211. The molecular formula is C25H30ClNO4S. The summed E-state index contributed by atoms with van der Waals surface area (Å²) in [5.41, 5.74) is 1.31. The number of amides is 1. The van der Waals surface area contributed by atoms with Crippen molar-refractivity contribution in [3.8, 4) is 5.75 Å². The molecule has 5 nitrogen and oxygen atoms in total. The van der Waals surface area contributed by atoms with Crippen molar-refractivity contribution in [2.24, 2.45) is 0 Å². The molecule has 0 aromatic heterocycles. The largest absolute Gasteiger partial charge is 0.494 e. The molecule has 1 aliphatic rings. The van der Waals surface area contributed by atoms with E-state index in [9.17, 15) is 9.59 Å². The highest BCUT2D eigenvalue weighted by molar-refractivity contribution is 7.99. The summed E-state index contributed by atoms with van der Waals surface area (Å²) in [5.74, 6) is 0.597. The molecule has 172 valence electrons. The molecule has 1 amide bonds. The highest BCUT2D eigenvalue weighted by atomic mass is 35.5. The molecule has 0 saturated carbocycles. The molecule has 0 radical (unpaired) electrons.